The van der Waals surface area contributed by atoms with Crippen LogP contribution in [0.5, 0.6) is 0 Å². The van der Waals surface area contributed by atoms with Gasteiger partial charge in [-0.3, -0.25) is 9.78 Å². The molecule has 1 heterocycles. The second-order valence-electron chi connectivity index (χ2n) is 4.07. The van der Waals surface area contributed by atoms with Crippen LogP contribution in [0, 0.1) is 18.3 Å². The third-order valence-corrected chi connectivity index (χ3v) is 2.77. The van der Waals surface area contributed by atoms with Crippen LogP contribution in [0.15, 0.2) is 48.8 Å². The van der Waals surface area contributed by atoms with Crippen LogP contribution in [0.3, 0.4) is 0 Å². The number of rotatable bonds is 3. The summed E-state index contributed by atoms with van der Waals surface area (Å²) in [6, 6.07) is 12.8. The van der Waals surface area contributed by atoms with Crippen LogP contribution in [0.1, 0.15) is 27.4 Å². The van der Waals surface area contributed by atoms with E-state index in [0.717, 1.165) is 11.1 Å². The van der Waals surface area contributed by atoms with Gasteiger partial charge in [0.1, 0.15) is 5.92 Å². The van der Waals surface area contributed by atoms with E-state index in [0.29, 0.717) is 5.56 Å². The molecule has 88 valence electrons. The Bertz CT molecular complexity index is 582. The van der Waals surface area contributed by atoms with Crippen molar-refractivity contribution in [1.82, 2.24) is 4.98 Å². The molecule has 0 aliphatic carbocycles. The van der Waals surface area contributed by atoms with E-state index < -0.39 is 5.92 Å². The van der Waals surface area contributed by atoms with Gasteiger partial charge in [-0.2, -0.15) is 5.26 Å². The van der Waals surface area contributed by atoms with Gasteiger partial charge in [-0.25, -0.2) is 0 Å². The molecule has 0 fully saturated rings. The summed E-state index contributed by atoms with van der Waals surface area (Å²) in [5, 5.41) is 9.19. The number of carbonyl (C=O) groups is 1. The predicted molar refractivity (Wildman–Crippen MR) is 68.1 cm³/mol. The minimum Gasteiger partial charge on any atom is -0.292 e. The Labute approximate surface area is 106 Å². The normalized spacial score (nSPS) is 11.6. The van der Waals surface area contributed by atoms with Crippen LogP contribution >= 0.6 is 0 Å². The second-order valence-corrected chi connectivity index (χ2v) is 4.07. The van der Waals surface area contributed by atoms with Gasteiger partial charge in [-0.15, -0.1) is 0 Å². The number of aryl methyl sites for hydroxylation is 1. The SMILES string of the molecule is Cc1ccc(C(C#N)C(=O)c2ccncc2)cc1. The summed E-state index contributed by atoms with van der Waals surface area (Å²) >= 11 is 0. The number of pyridine rings is 1. The summed E-state index contributed by atoms with van der Waals surface area (Å²) in [4.78, 5) is 16.1. The van der Waals surface area contributed by atoms with Gasteiger partial charge in [0, 0.05) is 18.0 Å². The molecule has 2 aromatic rings. The first-order chi connectivity index (χ1) is 8.72. The maximum atomic E-state index is 12.2. The van der Waals surface area contributed by atoms with E-state index in [4.69, 9.17) is 0 Å². The zero-order valence-corrected chi connectivity index (χ0v) is 10.00. The molecule has 1 aromatic carbocycles. The Morgan fingerprint density at radius 3 is 2.33 bits per heavy atom. The highest BCUT2D eigenvalue weighted by Crippen LogP contribution is 2.20. The van der Waals surface area contributed by atoms with E-state index in [1.54, 1.807) is 24.5 Å². The highest BCUT2D eigenvalue weighted by molar-refractivity contribution is 6.02. The summed E-state index contributed by atoms with van der Waals surface area (Å²) in [6.45, 7) is 1.97. The van der Waals surface area contributed by atoms with E-state index in [1.165, 1.54) is 0 Å². The number of ketones is 1. The lowest BCUT2D eigenvalue weighted by molar-refractivity contribution is 0.0979. The maximum absolute atomic E-state index is 12.2. The topological polar surface area (TPSA) is 53.8 Å². The predicted octanol–water partition coefficient (Wildman–Crippen LogP) is 2.88. The molecule has 0 amide bonds. The number of carbonyl (C=O) groups excluding carboxylic acids is 1. The molecule has 2 rings (SSSR count). The van der Waals surface area contributed by atoms with Gasteiger partial charge < -0.3 is 0 Å². The molecule has 3 heteroatoms. The molecule has 1 aromatic heterocycles. The van der Waals surface area contributed by atoms with Crippen molar-refractivity contribution in [3.05, 3.63) is 65.5 Å². The Kier molecular flexibility index (Phi) is 3.49. The first-order valence-corrected chi connectivity index (χ1v) is 5.63. The summed E-state index contributed by atoms with van der Waals surface area (Å²) in [6.07, 6.45) is 3.10. The van der Waals surface area contributed by atoms with Crippen molar-refractivity contribution in [1.29, 1.82) is 5.26 Å². The molecule has 0 bridgehead atoms. The zero-order valence-electron chi connectivity index (χ0n) is 10.00. The fraction of sp³-hybridized carbons (Fsp3) is 0.133. The average Bonchev–Trinajstić information content (AvgIpc) is 2.42. The Morgan fingerprint density at radius 2 is 1.78 bits per heavy atom. The van der Waals surface area contributed by atoms with E-state index in [2.05, 4.69) is 11.1 Å². The lowest BCUT2D eigenvalue weighted by atomic mass is 9.92. The van der Waals surface area contributed by atoms with Crippen LogP contribution in [0.2, 0.25) is 0 Å². The van der Waals surface area contributed by atoms with Crippen LogP contribution in [0.25, 0.3) is 0 Å². The minimum absolute atomic E-state index is 0.191. The van der Waals surface area contributed by atoms with Crippen LogP contribution in [-0.4, -0.2) is 10.8 Å². The molecule has 0 aliphatic heterocycles. The summed E-state index contributed by atoms with van der Waals surface area (Å²) in [7, 11) is 0. The lowest BCUT2D eigenvalue weighted by Gasteiger charge is -2.08. The number of Topliss-reactive ketones (excluding diaryl/α,β-unsaturated/α-hetero) is 1. The minimum atomic E-state index is -0.756. The van der Waals surface area contributed by atoms with Crippen molar-refractivity contribution in [2.75, 3.05) is 0 Å². The number of aromatic nitrogens is 1. The third kappa shape index (κ3) is 2.44. The zero-order chi connectivity index (χ0) is 13.0. The smallest absolute Gasteiger partial charge is 0.184 e. The largest absolute Gasteiger partial charge is 0.292 e. The van der Waals surface area contributed by atoms with Crippen LogP contribution in [0.4, 0.5) is 0 Å². The summed E-state index contributed by atoms with van der Waals surface area (Å²) in [5.41, 5.74) is 2.34. The van der Waals surface area contributed by atoms with Crippen molar-refractivity contribution in [3.63, 3.8) is 0 Å². The Balaban J connectivity index is 2.33. The van der Waals surface area contributed by atoms with Crippen LogP contribution in [-0.2, 0) is 0 Å². The first-order valence-electron chi connectivity index (χ1n) is 5.63. The van der Waals surface area contributed by atoms with Crippen molar-refractivity contribution in [2.45, 2.75) is 12.8 Å². The summed E-state index contributed by atoms with van der Waals surface area (Å²) < 4.78 is 0. The molecule has 1 atom stereocenters. The van der Waals surface area contributed by atoms with Crippen LogP contribution < -0.4 is 0 Å². The molecule has 0 saturated carbocycles. The number of nitrogens with zero attached hydrogens (tertiary/aromatic N) is 2. The fourth-order valence-electron chi connectivity index (χ4n) is 1.73. The van der Waals surface area contributed by atoms with E-state index in [-0.39, 0.29) is 5.78 Å². The molecule has 3 nitrogen and oxygen atoms in total. The molecule has 0 saturated heterocycles. The molecule has 18 heavy (non-hydrogen) atoms. The monoisotopic (exact) mass is 236 g/mol. The van der Waals surface area contributed by atoms with Gasteiger partial charge in [0.25, 0.3) is 0 Å². The fourth-order valence-corrected chi connectivity index (χ4v) is 1.73. The number of nitriles is 1. The quantitative estimate of drug-likeness (QED) is 0.770. The van der Waals surface area contributed by atoms with Gasteiger partial charge in [0.05, 0.1) is 6.07 Å². The highest BCUT2D eigenvalue weighted by atomic mass is 16.1. The lowest BCUT2D eigenvalue weighted by Crippen LogP contribution is -2.11. The Hall–Kier alpha value is -2.47. The molecule has 0 N–H and O–H groups in total. The Morgan fingerprint density at radius 1 is 1.17 bits per heavy atom. The third-order valence-electron chi connectivity index (χ3n) is 2.77. The second kappa shape index (κ2) is 5.24. The molecule has 1 unspecified atom stereocenters. The molecule has 0 spiro atoms. The average molecular weight is 236 g/mol. The molecular formula is C15H12N2O. The highest BCUT2D eigenvalue weighted by Gasteiger charge is 2.21. The van der Waals surface area contributed by atoms with Crippen molar-refractivity contribution >= 4 is 5.78 Å². The molecule has 0 aliphatic rings. The van der Waals surface area contributed by atoms with Crippen molar-refractivity contribution in [3.8, 4) is 6.07 Å². The van der Waals surface area contributed by atoms with Gasteiger partial charge >= 0.3 is 0 Å². The standard InChI is InChI=1S/C15H12N2O/c1-11-2-4-12(5-3-11)14(10-16)15(18)13-6-8-17-9-7-13/h2-9,14H,1H3. The van der Waals surface area contributed by atoms with Gasteiger partial charge in [0.15, 0.2) is 5.78 Å². The van der Waals surface area contributed by atoms with Gasteiger partial charge in [-0.05, 0) is 24.6 Å². The van der Waals surface area contributed by atoms with E-state index >= 15 is 0 Å². The van der Waals surface area contributed by atoms with E-state index in [1.807, 2.05) is 31.2 Å². The van der Waals surface area contributed by atoms with Gasteiger partial charge in [0.2, 0.25) is 0 Å². The van der Waals surface area contributed by atoms with Crippen molar-refractivity contribution < 1.29 is 4.79 Å². The maximum Gasteiger partial charge on any atom is 0.184 e. The van der Waals surface area contributed by atoms with Crippen molar-refractivity contribution in [2.24, 2.45) is 0 Å². The number of benzene rings is 1. The number of hydrogen-bond acceptors (Lipinski definition) is 3. The number of hydrogen-bond donors (Lipinski definition) is 0. The van der Waals surface area contributed by atoms with E-state index in [9.17, 15) is 10.1 Å². The first kappa shape index (κ1) is 12.0. The van der Waals surface area contributed by atoms with Gasteiger partial charge in [-0.1, -0.05) is 29.8 Å². The molecular weight excluding hydrogens is 224 g/mol. The summed E-state index contributed by atoms with van der Waals surface area (Å²) in [5.74, 6) is -0.947. The molecule has 0 radical (unpaired) electrons.